The molecule has 0 aromatic carbocycles. The lowest BCUT2D eigenvalue weighted by molar-refractivity contribution is -0.0120. The molecule has 0 spiro atoms. The SMILES string of the molecule is CCN(CC)C(C)(C)C(O)CC1CC1. The number of nitrogens with zero attached hydrogens (tertiary/aromatic N) is 1. The third kappa shape index (κ3) is 2.71. The van der Waals surface area contributed by atoms with Gasteiger partial charge in [0.25, 0.3) is 0 Å². The predicted octanol–water partition coefficient (Wildman–Crippen LogP) is 2.27. The van der Waals surface area contributed by atoms with Gasteiger partial charge in [-0.15, -0.1) is 0 Å². The molecule has 2 heteroatoms. The van der Waals surface area contributed by atoms with E-state index in [0.717, 1.165) is 25.4 Å². The highest BCUT2D eigenvalue weighted by Crippen LogP contribution is 2.36. The summed E-state index contributed by atoms with van der Waals surface area (Å²) in [7, 11) is 0. The number of rotatable bonds is 6. The Morgan fingerprint density at radius 2 is 1.79 bits per heavy atom. The van der Waals surface area contributed by atoms with Gasteiger partial charge in [0.2, 0.25) is 0 Å². The van der Waals surface area contributed by atoms with E-state index in [2.05, 4.69) is 32.6 Å². The smallest absolute Gasteiger partial charge is 0.0721 e. The van der Waals surface area contributed by atoms with Gasteiger partial charge >= 0.3 is 0 Å². The van der Waals surface area contributed by atoms with Crippen LogP contribution in [0.3, 0.4) is 0 Å². The molecule has 0 aromatic heterocycles. The summed E-state index contributed by atoms with van der Waals surface area (Å²) in [6, 6.07) is 0. The Morgan fingerprint density at radius 3 is 2.14 bits per heavy atom. The van der Waals surface area contributed by atoms with Crippen molar-refractivity contribution < 1.29 is 5.11 Å². The minimum absolute atomic E-state index is 0.0634. The third-order valence-electron chi connectivity index (χ3n) is 3.65. The summed E-state index contributed by atoms with van der Waals surface area (Å²) in [6.07, 6.45) is 3.47. The second-order valence-electron chi connectivity index (χ2n) is 5.02. The summed E-state index contributed by atoms with van der Waals surface area (Å²) in [5.74, 6) is 0.805. The molecule has 1 unspecified atom stereocenters. The second-order valence-corrected chi connectivity index (χ2v) is 5.02. The minimum Gasteiger partial charge on any atom is -0.391 e. The molecular formula is C12H25NO. The van der Waals surface area contributed by atoms with Crippen molar-refractivity contribution in [2.24, 2.45) is 5.92 Å². The van der Waals surface area contributed by atoms with Crippen LogP contribution in [0.1, 0.15) is 47.0 Å². The van der Waals surface area contributed by atoms with Crippen molar-refractivity contribution in [2.75, 3.05) is 13.1 Å². The van der Waals surface area contributed by atoms with Crippen molar-refractivity contribution in [2.45, 2.75) is 58.6 Å². The Kier molecular flexibility index (Phi) is 3.96. The molecule has 0 bridgehead atoms. The van der Waals surface area contributed by atoms with E-state index in [9.17, 15) is 5.11 Å². The van der Waals surface area contributed by atoms with E-state index in [0.29, 0.717) is 0 Å². The van der Waals surface area contributed by atoms with Crippen LogP contribution in [0.5, 0.6) is 0 Å². The average molecular weight is 199 g/mol. The van der Waals surface area contributed by atoms with E-state index >= 15 is 0 Å². The van der Waals surface area contributed by atoms with Gasteiger partial charge in [-0.25, -0.2) is 0 Å². The second kappa shape index (κ2) is 4.63. The van der Waals surface area contributed by atoms with Crippen molar-refractivity contribution in [3.05, 3.63) is 0 Å². The summed E-state index contributed by atoms with van der Waals surface area (Å²) >= 11 is 0. The molecule has 2 nitrogen and oxygen atoms in total. The lowest BCUT2D eigenvalue weighted by Gasteiger charge is -2.41. The van der Waals surface area contributed by atoms with E-state index in [1.165, 1.54) is 12.8 Å². The lowest BCUT2D eigenvalue weighted by atomic mass is 9.91. The molecule has 0 heterocycles. The van der Waals surface area contributed by atoms with Gasteiger partial charge < -0.3 is 5.11 Å². The molecule has 84 valence electrons. The van der Waals surface area contributed by atoms with E-state index in [4.69, 9.17) is 0 Å². The van der Waals surface area contributed by atoms with Gasteiger partial charge in [-0.1, -0.05) is 26.7 Å². The summed E-state index contributed by atoms with van der Waals surface area (Å²) in [5.41, 5.74) is -0.0634. The standard InChI is InChI=1S/C12H25NO/c1-5-13(6-2)12(3,4)11(14)9-10-7-8-10/h10-11,14H,5-9H2,1-4H3. The summed E-state index contributed by atoms with van der Waals surface area (Å²) < 4.78 is 0. The molecular weight excluding hydrogens is 174 g/mol. The number of likely N-dealkylation sites (N-methyl/N-ethyl adjacent to an activating group) is 1. The van der Waals surface area contributed by atoms with Gasteiger partial charge in [0.1, 0.15) is 0 Å². The van der Waals surface area contributed by atoms with Crippen molar-refractivity contribution in [3.8, 4) is 0 Å². The number of hydrogen-bond acceptors (Lipinski definition) is 2. The lowest BCUT2D eigenvalue weighted by Crippen LogP contribution is -2.52. The van der Waals surface area contributed by atoms with Crippen LogP contribution in [0.4, 0.5) is 0 Å². The van der Waals surface area contributed by atoms with Gasteiger partial charge in [0.05, 0.1) is 6.10 Å². The molecule has 1 rings (SSSR count). The van der Waals surface area contributed by atoms with Crippen LogP contribution in [-0.2, 0) is 0 Å². The first kappa shape index (κ1) is 12.0. The Morgan fingerprint density at radius 1 is 1.29 bits per heavy atom. The van der Waals surface area contributed by atoms with Crippen molar-refractivity contribution in [1.82, 2.24) is 4.90 Å². The molecule has 0 amide bonds. The van der Waals surface area contributed by atoms with Gasteiger partial charge in [-0.3, -0.25) is 4.90 Å². The first-order valence-electron chi connectivity index (χ1n) is 5.95. The van der Waals surface area contributed by atoms with Crippen LogP contribution in [0, 0.1) is 5.92 Å². The maximum atomic E-state index is 10.2. The highest BCUT2D eigenvalue weighted by Gasteiger charge is 2.36. The van der Waals surface area contributed by atoms with E-state index < -0.39 is 0 Å². The molecule has 1 saturated carbocycles. The molecule has 0 aromatic rings. The zero-order chi connectivity index (χ0) is 10.8. The monoisotopic (exact) mass is 199 g/mol. The maximum absolute atomic E-state index is 10.2. The van der Waals surface area contributed by atoms with Gasteiger partial charge in [-0.2, -0.15) is 0 Å². The van der Waals surface area contributed by atoms with E-state index in [1.807, 2.05) is 0 Å². The molecule has 0 saturated heterocycles. The predicted molar refractivity (Wildman–Crippen MR) is 60.3 cm³/mol. The van der Waals surface area contributed by atoms with Crippen LogP contribution in [0.2, 0.25) is 0 Å². The zero-order valence-corrected chi connectivity index (χ0v) is 10.1. The Bertz CT molecular complexity index is 171. The number of aliphatic hydroxyl groups is 1. The van der Waals surface area contributed by atoms with Crippen LogP contribution >= 0.6 is 0 Å². The topological polar surface area (TPSA) is 23.5 Å². The van der Waals surface area contributed by atoms with E-state index in [-0.39, 0.29) is 11.6 Å². The van der Waals surface area contributed by atoms with Gasteiger partial charge in [-0.05, 0) is 39.3 Å². The zero-order valence-electron chi connectivity index (χ0n) is 10.1. The fraction of sp³-hybridized carbons (Fsp3) is 1.00. The Balaban J connectivity index is 2.50. The first-order chi connectivity index (χ1) is 6.52. The van der Waals surface area contributed by atoms with Crippen molar-refractivity contribution >= 4 is 0 Å². The minimum atomic E-state index is -0.171. The highest BCUT2D eigenvalue weighted by atomic mass is 16.3. The van der Waals surface area contributed by atoms with Crippen LogP contribution in [0.15, 0.2) is 0 Å². The number of aliphatic hydroxyl groups excluding tert-OH is 1. The Hall–Kier alpha value is -0.0800. The molecule has 1 fully saturated rings. The molecule has 1 aliphatic rings. The normalized spacial score (nSPS) is 20.1. The largest absolute Gasteiger partial charge is 0.391 e. The molecule has 0 aliphatic heterocycles. The summed E-state index contributed by atoms with van der Waals surface area (Å²) in [6.45, 7) is 10.7. The van der Waals surface area contributed by atoms with E-state index in [1.54, 1.807) is 0 Å². The fourth-order valence-corrected chi connectivity index (χ4v) is 2.21. The third-order valence-corrected chi connectivity index (χ3v) is 3.65. The molecule has 0 radical (unpaired) electrons. The first-order valence-corrected chi connectivity index (χ1v) is 5.95. The highest BCUT2D eigenvalue weighted by molar-refractivity contribution is 4.91. The fourth-order valence-electron chi connectivity index (χ4n) is 2.21. The van der Waals surface area contributed by atoms with Crippen molar-refractivity contribution in [3.63, 3.8) is 0 Å². The van der Waals surface area contributed by atoms with Gasteiger partial charge in [0.15, 0.2) is 0 Å². The van der Waals surface area contributed by atoms with Crippen LogP contribution in [0.25, 0.3) is 0 Å². The summed E-state index contributed by atoms with van der Waals surface area (Å²) in [4.78, 5) is 2.35. The average Bonchev–Trinajstić information content (AvgIpc) is 2.89. The quantitative estimate of drug-likeness (QED) is 0.709. The summed E-state index contributed by atoms with van der Waals surface area (Å²) in [5, 5.41) is 10.2. The Labute approximate surface area is 88.3 Å². The maximum Gasteiger partial charge on any atom is 0.0721 e. The van der Waals surface area contributed by atoms with Crippen LogP contribution < -0.4 is 0 Å². The number of hydrogen-bond donors (Lipinski definition) is 1. The van der Waals surface area contributed by atoms with Gasteiger partial charge in [0, 0.05) is 5.54 Å². The molecule has 14 heavy (non-hydrogen) atoms. The van der Waals surface area contributed by atoms with Crippen molar-refractivity contribution in [1.29, 1.82) is 0 Å². The molecule has 1 atom stereocenters. The molecule has 1 aliphatic carbocycles. The van der Waals surface area contributed by atoms with Crippen LogP contribution in [-0.4, -0.2) is 34.7 Å². The molecule has 1 N–H and O–H groups in total.